The summed E-state index contributed by atoms with van der Waals surface area (Å²) in [5.74, 6) is -0.708. The Labute approximate surface area is 214 Å². The quantitative estimate of drug-likeness (QED) is 0.448. The number of anilines is 1. The summed E-state index contributed by atoms with van der Waals surface area (Å²) in [6, 6.07) is 11.4. The zero-order valence-electron chi connectivity index (χ0n) is 21.6. The number of likely N-dealkylation sites (N-methyl/N-ethyl adjacent to an activating group) is 1. The zero-order chi connectivity index (χ0) is 26.3. The molecule has 0 aliphatic carbocycles. The number of alkyl carbamates (subject to hydrolysis) is 1. The number of rotatable bonds is 8. The van der Waals surface area contributed by atoms with Gasteiger partial charge in [-0.25, -0.2) is 4.79 Å². The van der Waals surface area contributed by atoms with Crippen molar-refractivity contribution in [1.29, 1.82) is 0 Å². The highest BCUT2D eigenvalue weighted by molar-refractivity contribution is 7.80. The highest BCUT2D eigenvalue weighted by Crippen LogP contribution is 2.27. The van der Waals surface area contributed by atoms with Gasteiger partial charge in [0.25, 0.3) is 5.91 Å². The summed E-state index contributed by atoms with van der Waals surface area (Å²) < 4.78 is 5.31. The van der Waals surface area contributed by atoms with Gasteiger partial charge in [0.15, 0.2) is 0 Å². The third-order valence-corrected chi connectivity index (χ3v) is 5.84. The number of nitrogens with zero attached hydrogens (tertiary/aromatic N) is 1. The van der Waals surface area contributed by atoms with Gasteiger partial charge in [-0.15, -0.1) is 0 Å². The summed E-state index contributed by atoms with van der Waals surface area (Å²) in [6.07, 6.45) is -0.715. The number of hydrogen-bond acceptors (Lipinski definition) is 5. The van der Waals surface area contributed by atoms with Gasteiger partial charge < -0.3 is 20.3 Å². The van der Waals surface area contributed by atoms with E-state index in [1.54, 1.807) is 27.7 Å². The van der Waals surface area contributed by atoms with Gasteiger partial charge in [-0.3, -0.25) is 9.59 Å². The summed E-state index contributed by atoms with van der Waals surface area (Å²) in [5, 5.41) is 5.63. The van der Waals surface area contributed by atoms with E-state index in [4.69, 9.17) is 4.74 Å². The van der Waals surface area contributed by atoms with E-state index in [-0.39, 0.29) is 18.2 Å². The molecule has 2 N–H and O–H groups in total. The minimum absolute atomic E-state index is 0.0493. The lowest BCUT2D eigenvalue weighted by Gasteiger charge is -2.33. The molecular weight excluding hydrogens is 462 g/mol. The van der Waals surface area contributed by atoms with Gasteiger partial charge in [0, 0.05) is 18.0 Å². The molecule has 190 valence electrons. The van der Waals surface area contributed by atoms with E-state index in [1.165, 1.54) is 4.90 Å². The van der Waals surface area contributed by atoms with Crippen molar-refractivity contribution in [1.82, 2.24) is 10.2 Å². The van der Waals surface area contributed by atoms with Crippen molar-refractivity contribution in [3.8, 4) is 0 Å². The molecule has 7 nitrogen and oxygen atoms in total. The Kier molecular flexibility index (Phi) is 9.77. The lowest BCUT2D eigenvalue weighted by Crippen LogP contribution is -2.53. The van der Waals surface area contributed by atoms with Crippen LogP contribution in [0.15, 0.2) is 42.5 Å². The second-order valence-corrected chi connectivity index (χ2v) is 9.94. The molecule has 2 aromatic rings. The topological polar surface area (TPSA) is 87.7 Å². The maximum Gasteiger partial charge on any atom is 0.408 e. The molecule has 0 saturated heterocycles. The molecule has 35 heavy (non-hydrogen) atoms. The predicted octanol–water partition coefficient (Wildman–Crippen LogP) is 4.96. The molecule has 0 saturated carbocycles. The fraction of sp³-hybridized carbons (Fsp3) is 0.444. The van der Waals surface area contributed by atoms with Crippen LogP contribution < -0.4 is 10.6 Å². The van der Waals surface area contributed by atoms with E-state index in [9.17, 15) is 14.4 Å². The van der Waals surface area contributed by atoms with Gasteiger partial charge in [0.2, 0.25) is 5.91 Å². The van der Waals surface area contributed by atoms with Gasteiger partial charge in [-0.05, 0) is 65.2 Å². The maximum atomic E-state index is 13.7. The SMILES string of the molecule is CCN(C(=O)C(CS)NC(=O)OC(C)(C)C)C(C(=O)Nc1c(C)cccc1C)c1ccc(C)cc1. The van der Waals surface area contributed by atoms with Crippen LogP contribution in [-0.2, 0) is 14.3 Å². The van der Waals surface area contributed by atoms with Gasteiger partial charge in [0.05, 0.1) is 0 Å². The van der Waals surface area contributed by atoms with Crippen LogP contribution in [0.3, 0.4) is 0 Å². The number of nitrogens with one attached hydrogen (secondary N) is 2. The van der Waals surface area contributed by atoms with Crippen molar-refractivity contribution < 1.29 is 19.1 Å². The number of amides is 3. The van der Waals surface area contributed by atoms with Crippen LogP contribution in [0.25, 0.3) is 0 Å². The Balaban J connectivity index is 2.42. The van der Waals surface area contributed by atoms with Crippen molar-refractivity contribution in [2.45, 2.75) is 66.2 Å². The molecule has 0 aliphatic heterocycles. The Morgan fingerprint density at radius 1 is 1.00 bits per heavy atom. The van der Waals surface area contributed by atoms with Crippen LogP contribution in [0.5, 0.6) is 0 Å². The predicted molar refractivity (Wildman–Crippen MR) is 143 cm³/mol. The standard InChI is InChI=1S/C27H37N3O4S/c1-8-30(25(32)21(16-35)28-26(33)34-27(5,6)7)23(20-14-12-17(2)13-15-20)24(31)29-22-18(3)10-9-11-19(22)4/h9-15,21,23,35H,8,16H2,1-7H3,(H,28,33)(H,29,31). The van der Waals surface area contributed by atoms with Crippen LogP contribution in [0.2, 0.25) is 0 Å². The molecule has 8 heteroatoms. The molecule has 2 rings (SSSR count). The van der Waals surface area contributed by atoms with Gasteiger partial charge >= 0.3 is 6.09 Å². The normalized spacial score (nSPS) is 12.9. The number of ether oxygens (including phenoxy) is 1. The molecule has 2 atom stereocenters. The van der Waals surface area contributed by atoms with Crippen molar-refractivity contribution in [3.05, 3.63) is 64.7 Å². The lowest BCUT2D eigenvalue weighted by molar-refractivity contribution is -0.140. The Bertz CT molecular complexity index is 1030. The molecule has 0 aromatic heterocycles. The minimum atomic E-state index is -0.964. The molecule has 0 spiro atoms. The van der Waals surface area contributed by atoms with Gasteiger partial charge in [0.1, 0.15) is 17.7 Å². The third kappa shape index (κ3) is 7.75. The average molecular weight is 500 g/mol. The molecule has 0 radical (unpaired) electrons. The van der Waals surface area contributed by atoms with Crippen LogP contribution in [0.1, 0.15) is 56.0 Å². The van der Waals surface area contributed by atoms with E-state index < -0.39 is 29.7 Å². The summed E-state index contributed by atoms with van der Waals surface area (Å²) in [6.45, 7) is 13.1. The zero-order valence-corrected chi connectivity index (χ0v) is 22.5. The first-order valence-electron chi connectivity index (χ1n) is 11.7. The number of carbonyl (C=O) groups is 3. The molecule has 0 heterocycles. The molecule has 2 unspecified atom stereocenters. The van der Waals surface area contributed by atoms with Crippen LogP contribution in [0.4, 0.5) is 10.5 Å². The lowest BCUT2D eigenvalue weighted by atomic mass is 10.0. The highest BCUT2D eigenvalue weighted by Gasteiger charge is 2.35. The first kappa shape index (κ1) is 28.2. The third-order valence-electron chi connectivity index (χ3n) is 5.48. The summed E-state index contributed by atoms with van der Waals surface area (Å²) >= 11 is 4.28. The summed E-state index contributed by atoms with van der Waals surface area (Å²) in [4.78, 5) is 41.1. The Morgan fingerprint density at radius 3 is 2.06 bits per heavy atom. The number of para-hydroxylation sites is 1. The Morgan fingerprint density at radius 2 is 1.57 bits per heavy atom. The van der Waals surface area contributed by atoms with E-state index in [0.29, 0.717) is 5.56 Å². The maximum absolute atomic E-state index is 13.7. The minimum Gasteiger partial charge on any atom is -0.444 e. The molecular formula is C27H37N3O4S. The highest BCUT2D eigenvalue weighted by atomic mass is 32.1. The molecule has 0 bridgehead atoms. The second kappa shape index (κ2) is 12.1. The van der Waals surface area contributed by atoms with E-state index in [0.717, 1.165) is 22.4 Å². The van der Waals surface area contributed by atoms with Gasteiger partial charge in [-0.2, -0.15) is 12.6 Å². The van der Waals surface area contributed by atoms with Crippen LogP contribution in [0, 0.1) is 20.8 Å². The molecule has 0 fully saturated rings. The van der Waals surface area contributed by atoms with E-state index in [2.05, 4.69) is 23.3 Å². The largest absolute Gasteiger partial charge is 0.444 e. The first-order valence-corrected chi connectivity index (χ1v) is 12.4. The second-order valence-electron chi connectivity index (χ2n) is 9.57. The molecule has 0 aliphatic rings. The number of hydrogen-bond donors (Lipinski definition) is 3. The monoisotopic (exact) mass is 499 g/mol. The van der Waals surface area contributed by atoms with Crippen molar-refractivity contribution in [2.75, 3.05) is 17.6 Å². The average Bonchev–Trinajstić information content (AvgIpc) is 2.77. The first-order chi connectivity index (χ1) is 16.4. The fourth-order valence-corrected chi connectivity index (χ4v) is 3.97. The van der Waals surface area contributed by atoms with E-state index in [1.807, 2.05) is 63.2 Å². The van der Waals surface area contributed by atoms with Crippen molar-refractivity contribution in [2.24, 2.45) is 0 Å². The van der Waals surface area contributed by atoms with Crippen LogP contribution in [-0.4, -0.2) is 46.7 Å². The Hall–Kier alpha value is -3.00. The molecule has 2 aromatic carbocycles. The summed E-state index contributed by atoms with van der Waals surface area (Å²) in [7, 11) is 0. The summed E-state index contributed by atoms with van der Waals surface area (Å²) in [5.41, 5.74) is 3.57. The number of aryl methyl sites for hydroxylation is 3. The molecule has 3 amide bonds. The number of thiol groups is 1. The smallest absolute Gasteiger partial charge is 0.408 e. The van der Waals surface area contributed by atoms with Gasteiger partial charge in [-0.1, -0.05) is 48.0 Å². The van der Waals surface area contributed by atoms with E-state index >= 15 is 0 Å². The van der Waals surface area contributed by atoms with Crippen molar-refractivity contribution in [3.63, 3.8) is 0 Å². The fourth-order valence-electron chi connectivity index (χ4n) is 3.73. The number of carbonyl (C=O) groups excluding carboxylic acids is 3. The van der Waals surface area contributed by atoms with Crippen LogP contribution >= 0.6 is 12.6 Å². The van der Waals surface area contributed by atoms with Crippen molar-refractivity contribution >= 4 is 36.2 Å². The number of benzene rings is 2.